The number of hydrogen-bond acceptors (Lipinski definition) is 3. The predicted octanol–water partition coefficient (Wildman–Crippen LogP) is 0.212. The Balaban J connectivity index is 3.77. The second kappa shape index (κ2) is 7.89. The molecule has 0 radical (unpaired) electrons. The van der Waals surface area contributed by atoms with Crippen molar-refractivity contribution in [3.05, 3.63) is 0 Å². The van der Waals surface area contributed by atoms with E-state index in [9.17, 15) is 14.4 Å². The van der Waals surface area contributed by atoms with Crippen LogP contribution in [0.25, 0.3) is 0 Å². The maximum Gasteiger partial charge on any atom is 0.321 e. The van der Waals surface area contributed by atoms with Crippen LogP contribution in [-0.4, -0.2) is 36.3 Å². The topological polar surface area (TPSA) is 87.3 Å². The number of imide groups is 1. The molecule has 0 heterocycles. The van der Waals surface area contributed by atoms with Crippen LogP contribution in [0.15, 0.2) is 0 Å². The first-order valence-electron chi connectivity index (χ1n) is 5.32. The minimum absolute atomic E-state index is 0.178. The second-order valence-corrected chi connectivity index (χ2v) is 4.64. The van der Waals surface area contributed by atoms with Crippen LogP contribution in [0.3, 0.4) is 0 Å². The molecule has 0 aliphatic carbocycles. The molecule has 0 spiro atoms. The molecule has 4 amide bonds. The van der Waals surface area contributed by atoms with E-state index in [1.165, 1.54) is 6.92 Å². The number of carbonyl (C=O) groups is 3. The molecule has 0 aliphatic rings. The molecule has 0 aromatic carbocycles. The number of urea groups is 1. The molecule has 17 heavy (non-hydrogen) atoms. The van der Waals surface area contributed by atoms with Gasteiger partial charge in [-0.15, -0.1) is 11.6 Å². The lowest BCUT2D eigenvalue weighted by Gasteiger charge is -2.09. The number of halogens is 1. The monoisotopic (exact) mass is 263 g/mol. The van der Waals surface area contributed by atoms with Gasteiger partial charge in [0, 0.05) is 6.54 Å². The molecule has 0 bridgehead atoms. The predicted molar refractivity (Wildman–Crippen MR) is 64.7 cm³/mol. The minimum atomic E-state index is -0.796. The van der Waals surface area contributed by atoms with Crippen molar-refractivity contribution < 1.29 is 14.4 Å². The molecular formula is C10H18ClN3O3. The highest BCUT2D eigenvalue weighted by Gasteiger charge is 2.13. The van der Waals surface area contributed by atoms with Crippen LogP contribution in [0.1, 0.15) is 20.8 Å². The Morgan fingerprint density at radius 2 is 1.71 bits per heavy atom. The van der Waals surface area contributed by atoms with Gasteiger partial charge in [-0.2, -0.15) is 0 Å². The molecule has 3 N–H and O–H groups in total. The number of hydrogen-bond donors (Lipinski definition) is 3. The van der Waals surface area contributed by atoms with Crippen molar-refractivity contribution in [2.45, 2.75) is 26.1 Å². The van der Waals surface area contributed by atoms with Crippen LogP contribution in [0.4, 0.5) is 4.79 Å². The zero-order valence-electron chi connectivity index (χ0n) is 10.2. The van der Waals surface area contributed by atoms with Crippen molar-refractivity contribution in [3.8, 4) is 0 Å². The SMILES string of the molecule is CC(C)CNC(=O)CNC(=O)NC(=O)C(C)Cl. The summed E-state index contributed by atoms with van der Waals surface area (Å²) < 4.78 is 0. The molecule has 1 atom stereocenters. The van der Waals surface area contributed by atoms with E-state index in [0.717, 1.165) is 0 Å². The van der Waals surface area contributed by atoms with Gasteiger partial charge < -0.3 is 10.6 Å². The third-order valence-electron chi connectivity index (χ3n) is 1.71. The van der Waals surface area contributed by atoms with Gasteiger partial charge in [-0.1, -0.05) is 13.8 Å². The van der Waals surface area contributed by atoms with Gasteiger partial charge in [-0.3, -0.25) is 14.9 Å². The van der Waals surface area contributed by atoms with E-state index in [1.54, 1.807) is 0 Å². The summed E-state index contributed by atoms with van der Waals surface area (Å²) in [5.74, 6) is -0.571. The molecule has 0 aliphatic heterocycles. The summed E-state index contributed by atoms with van der Waals surface area (Å²) in [4.78, 5) is 33.3. The highest BCUT2D eigenvalue weighted by Crippen LogP contribution is 1.91. The fourth-order valence-electron chi connectivity index (χ4n) is 0.797. The third kappa shape index (κ3) is 8.50. The average molecular weight is 264 g/mol. The summed E-state index contributed by atoms with van der Waals surface area (Å²) in [5, 5.41) is 6.07. The van der Waals surface area contributed by atoms with Gasteiger partial charge in [0.2, 0.25) is 11.8 Å². The van der Waals surface area contributed by atoms with Gasteiger partial charge in [0.05, 0.1) is 6.54 Å². The maximum atomic E-state index is 11.2. The van der Waals surface area contributed by atoms with Crippen LogP contribution in [-0.2, 0) is 9.59 Å². The number of carbonyl (C=O) groups excluding carboxylic acids is 3. The fourth-order valence-corrected chi connectivity index (χ4v) is 0.851. The minimum Gasteiger partial charge on any atom is -0.354 e. The largest absolute Gasteiger partial charge is 0.354 e. The van der Waals surface area contributed by atoms with Crippen molar-refractivity contribution >= 4 is 29.4 Å². The number of rotatable bonds is 5. The Hall–Kier alpha value is -1.30. The van der Waals surface area contributed by atoms with Crippen molar-refractivity contribution in [1.82, 2.24) is 16.0 Å². The molecule has 0 rings (SSSR count). The lowest BCUT2D eigenvalue weighted by Crippen LogP contribution is -2.46. The Morgan fingerprint density at radius 1 is 1.12 bits per heavy atom. The molecule has 0 fully saturated rings. The van der Waals surface area contributed by atoms with Crippen molar-refractivity contribution in [2.75, 3.05) is 13.1 Å². The van der Waals surface area contributed by atoms with Gasteiger partial charge in [-0.25, -0.2) is 4.79 Å². The summed E-state index contributed by atoms with van der Waals surface area (Å²) in [6.45, 7) is 5.73. The van der Waals surface area contributed by atoms with Crippen LogP contribution in [0.2, 0.25) is 0 Å². The smallest absolute Gasteiger partial charge is 0.321 e. The van der Waals surface area contributed by atoms with Crippen molar-refractivity contribution in [1.29, 1.82) is 0 Å². The molecule has 0 aromatic rings. The van der Waals surface area contributed by atoms with E-state index in [1.807, 2.05) is 19.2 Å². The first-order chi connectivity index (χ1) is 7.82. The standard InChI is InChI=1S/C10H18ClN3O3/c1-6(2)4-12-8(15)5-13-10(17)14-9(16)7(3)11/h6-7H,4-5H2,1-3H3,(H,12,15)(H2,13,14,16,17). The Labute approximate surface area is 105 Å². The summed E-state index contributed by atoms with van der Waals surface area (Å²) in [7, 11) is 0. The summed E-state index contributed by atoms with van der Waals surface area (Å²) in [5.41, 5.74) is 0. The average Bonchev–Trinajstić information content (AvgIpc) is 2.23. The van der Waals surface area contributed by atoms with Gasteiger partial charge in [-0.05, 0) is 12.8 Å². The first-order valence-corrected chi connectivity index (χ1v) is 5.76. The number of nitrogens with one attached hydrogen (secondary N) is 3. The second-order valence-electron chi connectivity index (χ2n) is 3.99. The van der Waals surface area contributed by atoms with Crippen LogP contribution >= 0.6 is 11.6 Å². The van der Waals surface area contributed by atoms with Crippen molar-refractivity contribution in [3.63, 3.8) is 0 Å². The van der Waals surface area contributed by atoms with E-state index in [4.69, 9.17) is 11.6 Å². The summed E-state index contributed by atoms with van der Waals surface area (Å²) >= 11 is 5.45. The van der Waals surface area contributed by atoms with Gasteiger partial charge >= 0.3 is 6.03 Å². The van der Waals surface area contributed by atoms with Crippen LogP contribution < -0.4 is 16.0 Å². The van der Waals surface area contributed by atoms with Gasteiger partial charge in [0.15, 0.2) is 0 Å². The summed E-state index contributed by atoms with van der Waals surface area (Å²) in [6.07, 6.45) is 0. The maximum absolute atomic E-state index is 11.2. The first kappa shape index (κ1) is 15.7. The highest BCUT2D eigenvalue weighted by molar-refractivity contribution is 6.31. The molecule has 7 heteroatoms. The summed E-state index contributed by atoms with van der Waals surface area (Å²) in [6, 6.07) is -0.734. The fraction of sp³-hybridized carbons (Fsp3) is 0.700. The zero-order chi connectivity index (χ0) is 13.4. The molecule has 0 aromatic heterocycles. The van der Waals surface area contributed by atoms with Crippen molar-refractivity contribution in [2.24, 2.45) is 5.92 Å². The van der Waals surface area contributed by atoms with E-state index in [2.05, 4.69) is 10.6 Å². The van der Waals surface area contributed by atoms with Gasteiger partial charge in [0.25, 0.3) is 0 Å². The molecular weight excluding hydrogens is 246 g/mol. The van der Waals surface area contributed by atoms with E-state index >= 15 is 0 Å². The molecule has 98 valence electrons. The molecule has 0 saturated heterocycles. The van der Waals surface area contributed by atoms with Crippen LogP contribution in [0, 0.1) is 5.92 Å². The Bertz CT molecular complexity index is 293. The molecule has 0 saturated carbocycles. The molecule has 1 unspecified atom stereocenters. The Kier molecular flexibility index (Phi) is 7.29. The lowest BCUT2D eigenvalue weighted by molar-refractivity contribution is -0.121. The highest BCUT2D eigenvalue weighted by atomic mass is 35.5. The normalized spacial score (nSPS) is 11.8. The van der Waals surface area contributed by atoms with E-state index in [0.29, 0.717) is 12.5 Å². The Morgan fingerprint density at radius 3 is 2.18 bits per heavy atom. The number of alkyl halides is 1. The zero-order valence-corrected chi connectivity index (χ0v) is 10.9. The molecule has 6 nitrogen and oxygen atoms in total. The van der Waals surface area contributed by atoms with Crippen LogP contribution in [0.5, 0.6) is 0 Å². The third-order valence-corrected chi connectivity index (χ3v) is 1.91. The number of amides is 4. The lowest BCUT2D eigenvalue weighted by atomic mass is 10.2. The van der Waals surface area contributed by atoms with Gasteiger partial charge in [0.1, 0.15) is 5.38 Å². The quantitative estimate of drug-likeness (QED) is 0.620. The van der Waals surface area contributed by atoms with E-state index < -0.39 is 17.3 Å². The van der Waals surface area contributed by atoms with E-state index in [-0.39, 0.29) is 12.5 Å².